The van der Waals surface area contributed by atoms with E-state index in [1.54, 1.807) is 0 Å². The van der Waals surface area contributed by atoms with Crippen molar-refractivity contribution in [1.29, 1.82) is 0 Å². The van der Waals surface area contributed by atoms with E-state index in [0.29, 0.717) is 0 Å². The maximum absolute atomic E-state index is 4.25. The summed E-state index contributed by atoms with van der Waals surface area (Å²) in [6, 6.07) is 6.27. The van der Waals surface area contributed by atoms with Gasteiger partial charge in [0.15, 0.2) is 0 Å². The van der Waals surface area contributed by atoms with Gasteiger partial charge in [0.05, 0.1) is 11.0 Å². The molecule has 2 aromatic heterocycles. The minimum absolute atomic E-state index is 1.06. The van der Waals surface area contributed by atoms with Gasteiger partial charge in [0, 0.05) is 30.2 Å². The quantitative estimate of drug-likeness (QED) is 0.551. The Bertz CT molecular complexity index is 574. The van der Waals surface area contributed by atoms with Gasteiger partial charge in [-0.05, 0) is 18.2 Å². The Morgan fingerprint density at radius 3 is 3.15 bits per heavy atom. The van der Waals surface area contributed by atoms with E-state index in [1.165, 1.54) is 16.3 Å². The molecule has 0 aliphatic heterocycles. The molecule has 13 heavy (non-hydrogen) atoms. The zero-order chi connectivity index (χ0) is 8.84. The van der Waals surface area contributed by atoms with Gasteiger partial charge in [-0.3, -0.25) is 9.67 Å². The number of hydrogen-bond donors (Lipinski definition) is 1. The van der Waals surface area contributed by atoms with Crippen LogP contribution in [0.4, 0.5) is 0 Å². The third-order valence-electron chi connectivity index (χ3n) is 2.42. The lowest BCUT2D eigenvalue weighted by Gasteiger charge is -1.94. The molecule has 3 aromatic rings. The van der Waals surface area contributed by atoms with E-state index in [4.69, 9.17) is 0 Å². The van der Waals surface area contributed by atoms with Gasteiger partial charge in [-0.1, -0.05) is 0 Å². The molecule has 2 heterocycles. The summed E-state index contributed by atoms with van der Waals surface area (Å²) >= 11 is 0. The Hall–Kier alpha value is -1.77. The van der Waals surface area contributed by atoms with E-state index in [9.17, 15) is 0 Å². The molecule has 0 bridgehead atoms. The molecule has 0 unspecified atom stereocenters. The van der Waals surface area contributed by atoms with Crippen LogP contribution in [0.5, 0.6) is 0 Å². The van der Waals surface area contributed by atoms with E-state index < -0.39 is 0 Å². The van der Waals surface area contributed by atoms with Crippen molar-refractivity contribution in [2.24, 2.45) is 7.05 Å². The van der Waals surface area contributed by atoms with Crippen LogP contribution in [0, 0.1) is 0 Å². The third-order valence-corrected chi connectivity index (χ3v) is 2.42. The summed E-state index contributed by atoms with van der Waals surface area (Å²) in [4.78, 5) is 4.25. The lowest BCUT2D eigenvalue weighted by atomic mass is 10.2. The van der Waals surface area contributed by atoms with Crippen molar-refractivity contribution in [3.05, 3.63) is 30.6 Å². The maximum atomic E-state index is 4.25. The minimum atomic E-state index is 1.06. The first kappa shape index (κ1) is 6.71. The topological polar surface area (TPSA) is 33.6 Å². The fourth-order valence-electron chi connectivity index (χ4n) is 1.69. The zero-order valence-electron chi connectivity index (χ0n) is 7.28. The van der Waals surface area contributed by atoms with Gasteiger partial charge < -0.3 is 5.10 Å². The van der Waals surface area contributed by atoms with Gasteiger partial charge in [0.25, 0.3) is 0 Å². The Morgan fingerprint density at radius 1 is 1.31 bits per heavy atom. The molecular weight excluding hydrogens is 162 g/mol. The summed E-state index contributed by atoms with van der Waals surface area (Å²) in [5.41, 5.74) is 2.27. The summed E-state index contributed by atoms with van der Waals surface area (Å²) in [6.07, 6.45) is 3.83. The molecule has 1 aromatic carbocycles. The molecule has 0 amide bonds. The van der Waals surface area contributed by atoms with Crippen LogP contribution in [0.1, 0.15) is 0 Å². The van der Waals surface area contributed by atoms with E-state index in [2.05, 4.69) is 22.2 Å². The summed E-state index contributed by atoms with van der Waals surface area (Å²) in [7, 11) is 2.00. The second-order valence-corrected chi connectivity index (χ2v) is 3.25. The zero-order valence-corrected chi connectivity index (χ0v) is 7.28. The Labute approximate surface area is 75.0 Å². The molecule has 3 rings (SSSR count). The van der Waals surface area contributed by atoms with Crippen LogP contribution in [-0.4, -0.2) is 14.8 Å². The molecule has 0 aliphatic carbocycles. The van der Waals surface area contributed by atoms with Crippen molar-refractivity contribution >= 4 is 21.8 Å². The molecule has 0 aliphatic rings. The van der Waals surface area contributed by atoms with Gasteiger partial charge in [0.2, 0.25) is 0 Å². The number of nitrogens with zero attached hydrogens (tertiary/aromatic N) is 2. The second kappa shape index (κ2) is 2.13. The van der Waals surface area contributed by atoms with Crippen LogP contribution < -0.4 is 0 Å². The van der Waals surface area contributed by atoms with Crippen LogP contribution >= 0.6 is 0 Å². The first-order valence-electron chi connectivity index (χ1n) is 4.23. The molecule has 3 nitrogen and oxygen atoms in total. The second-order valence-electron chi connectivity index (χ2n) is 3.25. The van der Waals surface area contributed by atoms with Gasteiger partial charge in [-0.25, -0.2) is 0 Å². The number of aryl methyl sites for hydroxylation is 1. The van der Waals surface area contributed by atoms with Crippen LogP contribution in [0.3, 0.4) is 0 Å². The number of aromatic amines is 1. The number of hydrogen-bond acceptors (Lipinski definition) is 1. The highest BCUT2D eigenvalue weighted by Gasteiger charge is 2.01. The average molecular weight is 171 g/mol. The standard InChI is InChI=1S/C10H9N3/c1-13-10-5-7-2-3-11-9(7)4-8(10)6-12-13/h2-6,12H,1H3. The average Bonchev–Trinajstić information content (AvgIpc) is 2.70. The predicted molar refractivity (Wildman–Crippen MR) is 52.6 cm³/mol. The van der Waals surface area contributed by atoms with Crippen molar-refractivity contribution in [1.82, 2.24) is 14.8 Å². The Balaban J connectivity index is 2.59. The summed E-state index contributed by atoms with van der Waals surface area (Å²) in [5.74, 6) is 0. The van der Waals surface area contributed by atoms with Crippen molar-refractivity contribution in [3.8, 4) is 0 Å². The molecule has 0 atom stereocenters. The Morgan fingerprint density at radius 2 is 2.23 bits per heavy atom. The van der Waals surface area contributed by atoms with E-state index in [1.807, 2.05) is 30.2 Å². The smallest absolute Gasteiger partial charge is 0.0710 e. The van der Waals surface area contributed by atoms with E-state index >= 15 is 0 Å². The van der Waals surface area contributed by atoms with Crippen molar-refractivity contribution in [2.45, 2.75) is 0 Å². The van der Waals surface area contributed by atoms with E-state index in [-0.39, 0.29) is 0 Å². The van der Waals surface area contributed by atoms with Crippen molar-refractivity contribution in [3.63, 3.8) is 0 Å². The first-order valence-corrected chi connectivity index (χ1v) is 4.23. The molecule has 0 saturated carbocycles. The highest BCUT2D eigenvalue weighted by Crippen LogP contribution is 2.20. The molecule has 0 saturated heterocycles. The molecule has 0 radical (unpaired) electrons. The first-order chi connectivity index (χ1) is 6.34. The summed E-state index contributed by atoms with van der Waals surface area (Å²) in [6.45, 7) is 0. The number of benzene rings is 1. The largest absolute Gasteiger partial charge is 0.305 e. The monoisotopic (exact) mass is 171 g/mol. The molecule has 0 fully saturated rings. The van der Waals surface area contributed by atoms with Gasteiger partial charge in [-0.2, -0.15) is 0 Å². The summed E-state index contributed by atoms with van der Waals surface area (Å²) in [5, 5.41) is 5.53. The molecule has 0 spiro atoms. The van der Waals surface area contributed by atoms with Crippen molar-refractivity contribution < 1.29 is 0 Å². The number of aromatic nitrogens is 3. The molecule has 64 valence electrons. The van der Waals surface area contributed by atoms with Crippen LogP contribution in [0.25, 0.3) is 21.8 Å². The normalized spacial score (nSPS) is 11.5. The fraction of sp³-hybridized carbons (Fsp3) is 0.100. The van der Waals surface area contributed by atoms with Gasteiger partial charge in [-0.15, -0.1) is 0 Å². The molecule has 1 N–H and O–H groups in total. The van der Waals surface area contributed by atoms with Crippen LogP contribution in [-0.2, 0) is 7.05 Å². The number of rotatable bonds is 0. The van der Waals surface area contributed by atoms with E-state index in [0.717, 1.165) is 5.52 Å². The lowest BCUT2D eigenvalue weighted by molar-refractivity contribution is 0.797. The minimum Gasteiger partial charge on any atom is -0.305 e. The summed E-state index contributed by atoms with van der Waals surface area (Å²) < 4.78 is 2.00. The van der Waals surface area contributed by atoms with Gasteiger partial charge >= 0.3 is 0 Å². The Kier molecular flexibility index (Phi) is 1.10. The van der Waals surface area contributed by atoms with Crippen molar-refractivity contribution in [2.75, 3.05) is 0 Å². The maximum Gasteiger partial charge on any atom is 0.0710 e. The number of H-pyrrole nitrogens is 1. The SMILES string of the molecule is Cn1[nH]cc2cc3nccc3cc21. The van der Waals surface area contributed by atoms with Crippen LogP contribution in [0.2, 0.25) is 0 Å². The highest BCUT2D eigenvalue weighted by atomic mass is 15.2. The molecule has 3 heteroatoms. The van der Waals surface area contributed by atoms with Crippen LogP contribution in [0.15, 0.2) is 30.6 Å². The number of fused-ring (bicyclic) bond motifs is 2. The predicted octanol–water partition coefficient (Wildman–Crippen LogP) is 2.05. The highest BCUT2D eigenvalue weighted by molar-refractivity contribution is 5.94. The third kappa shape index (κ3) is 0.811. The molecular formula is C10H9N3. The fourth-order valence-corrected chi connectivity index (χ4v) is 1.69. The van der Waals surface area contributed by atoms with Gasteiger partial charge in [0.1, 0.15) is 0 Å². The lowest BCUT2D eigenvalue weighted by Crippen LogP contribution is -1.87. The number of nitrogens with one attached hydrogen (secondary N) is 1.